The van der Waals surface area contributed by atoms with Crippen molar-refractivity contribution in [1.29, 1.82) is 5.26 Å². The number of benzene rings is 1. The highest BCUT2D eigenvalue weighted by molar-refractivity contribution is 6.09. The van der Waals surface area contributed by atoms with E-state index in [1.165, 1.54) is 18.2 Å². The summed E-state index contributed by atoms with van der Waals surface area (Å²) in [7, 11) is 0. The Kier molecular flexibility index (Phi) is 5.73. The van der Waals surface area contributed by atoms with E-state index in [0.29, 0.717) is 24.0 Å². The van der Waals surface area contributed by atoms with Crippen LogP contribution in [0.5, 0.6) is 0 Å². The van der Waals surface area contributed by atoms with E-state index in [2.05, 4.69) is 9.97 Å². The van der Waals surface area contributed by atoms with Gasteiger partial charge in [-0.25, -0.2) is 9.37 Å². The lowest BCUT2D eigenvalue weighted by Crippen LogP contribution is -2.47. The number of aromatic nitrogens is 2. The molecular formula is C20H18F4N5O+. The average Bonchev–Trinajstić information content (AvgIpc) is 3.38. The van der Waals surface area contributed by atoms with Gasteiger partial charge in [0.05, 0.1) is 17.3 Å². The van der Waals surface area contributed by atoms with Gasteiger partial charge in [0.1, 0.15) is 29.4 Å². The zero-order valence-electron chi connectivity index (χ0n) is 15.8. The van der Waals surface area contributed by atoms with E-state index < -0.39 is 29.9 Å². The number of H-pyrrole nitrogens is 1. The van der Waals surface area contributed by atoms with Crippen molar-refractivity contribution in [3.63, 3.8) is 0 Å². The summed E-state index contributed by atoms with van der Waals surface area (Å²) in [6.07, 6.45) is -1.08. The third-order valence-electron chi connectivity index (χ3n) is 4.71. The molecule has 1 heterocycles. The van der Waals surface area contributed by atoms with E-state index in [0.717, 1.165) is 12.3 Å². The van der Waals surface area contributed by atoms with Crippen LogP contribution in [0.15, 0.2) is 30.5 Å². The van der Waals surface area contributed by atoms with Crippen LogP contribution in [0.25, 0.3) is 5.57 Å². The first-order valence-electron chi connectivity index (χ1n) is 9.04. The number of nitrogens with zero attached hydrogens (tertiary/aromatic N) is 2. The average molecular weight is 420 g/mol. The highest BCUT2D eigenvalue weighted by Gasteiger charge is 2.49. The van der Waals surface area contributed by atoms with E-state index in [4.69, 9.17) is 10.7 Å². The molecule has 2 aromatic rings. The van der Waals surface area contributed by atoms with Gasteiger partial charge in [-0.15, -0.1) is 0 Å². The highest BCUT2D eigenvalue weighted by Crippen LogP contribution is 2.40. The van der Waals surface area contributed by atoms with Crippen LogP contribution >= 0.6 is 0 Å². The number of nitrogens with two attached hydrogens (primary N) is 1. The molecule has 1 fully saturated rings. The Labute approximate surface area is 169 Å². The predicted molar refractivity (Wildman–Crippen MR) is 99.4 cm³/mol. The standard InChI is InChI=1S/C20H17F4N5O/c1-10(6-15(26)14-5-4-13(21)7-12(14)8-25)18-27-9-16(28-18)19(30)29-17(11-2-3-11)20(22,23)24/h4-7,9,11,17,26H,2-3H2,1H3,(H,27,28)(H,29,30)/p+1/b10-6-,26-15?. The van der Waals surface area contributed by atoms with Gasteiger partial charge in [-0.05, 0) is 49.5 Å². The maximum absolute atomic E-state index is 13.3. The van der Waals surface area contributed by atoms with E-state index in [1.807, 2.05) is 11.4 Å². The Morgan fingerprint density at radius 1 is 1.43 bits per heavy atom. The van der Waals surface area contributed by atoms with Gasteiger partial charge in [-0.3, -0.25) is 10.2 Å². The lowest BCUT2D eigenvalue weighted by Gasteiger charge is -2.20. The van der Waals surface area contributed by atoms with Crippen LogP contribution in [0.2, 0.25) is 0 Å². The maximum atomic E-state index is 13.3. The minimum Gasteiger partial charge on any atom is -0.339 e. The molecule has 1 aliphatic carbocycles. The van der Waals surface area contributed by atoms with Crippen LogP contribution in [0.1, 0.15) is 47.2 Å². The molecule has 1 aromatic carbocycles. The van der Waals surface area contributed by atoms with Gasteiger partial charge in [0.25, 0.3) is 5.91 Å². The molecule has 1 atom stereocenters. The third kappa shape index (κ3) is 4.74. The predicted octanol–water partition coefficient (Wildman–Crippen LogP) is 2.14. The van der Waals surface area contributed by atoms with Gasteiger partial charge in [0.15, 0.2) is 0 Å². The smallest absolute Gasteiger partial charge is 0.339 e. The molecule has 1 unspecified atom stereocenters. The summed E-state index contributed by atoms with van der Waals surface area (Å²) < 4.78 is 52.6. The van der Waals surface area contributed by atoms with E-state index in [9.17, 15) is 22.4 Å². The molecule has 3 rings (SSSR count). The molecule has 10 heteroatoms. The number of imidazole rings is 1. The molecule has 0 aliphatic heterocycles. The molecule has 1 saturated carbocycles. The molecule has 0 bridgehead atoms. The largest absolute Gasteiger partial charge is 0.408 e. The Bertz CT molecular complexity index is 1060. The summed E-state index contributed by atoms with van der Waals surface area (Å²) in [5, 5.41) is 17.2. The van der Waals surface area contributed by atoms with Crippen LogP contribution in [0, 0.1) is 23.1 Å². The second-order valence-electron chi connectivity index (χ2n) is 7.06. The zero-order chi connectivity index (χ0) is 22.1. The topological polar surface area (TPSA) is 107 Å². The summed E-state index contributed by atoms with van der Waals surface area (Å²) in [6, 6.07) is 3.55. The van der Waals surface area contributed by atoms with Crippen molar-refractivity contribution in [2.45, 2.75) is 32.0 Å². The van der Waals surface area contributed by atoms with Crippen molar-refractivity contribution in [2.75, 3.05) is 0 Å². The first-order chi connectivity index (χ1) is 14.1. The van der Waals surface area contributed by atoms with E-state index >= 15 is 0 Å². The molecule has 0 saturated heterocycles. The first kappa shape index (κ1) is 21.2. The third-order valence-corrected chi connectivity index (χ3v) is 4.71. The molecular weight excluding hydrogens is 402 g/mol. The Balaban J connectivity index is 1.76. The second kappa shape index (κ2) is 8.10. The Morgan fingerprint density at radius 3 is 2.73 bits per heavy atom. The molecule has 0 radical (unpaired) electrons. The molecule has 4 N–H and O–H groups in total. The fourth-order valence-corrected chi connectivity index (χ4v) is 2.99. The summed E-state index contributed by atoms with van der Waals surface area (Å²) in [6.45, 7) is 1.62. The van der Waals surface area contributed by atoms with Crippen molar-refractivity contribution in [3.05, 3.63) is 58.9 Å². The molecule has 1 aromatic heterocycles. The van der Waals surface area contributed by atoms with Gasteiger partial charge in [-0.2, -0.15) is 18.4 Å². The van der Waals surface area contributed by atoms with Crippen molar-refractivity contribution in [3.8, 4) is 6.07 Å². The highest BCUT2D eigenvalue weighted by atomic mass is 19.4. The number of amides is 1. The molecule has 6 nitrogen and oxygen atoms in total. The number of aromatic amines is 1. The molecule has 1 amide bonds. The number of hydrogen-bond acceptors (Lipinski definition) is 3. The SMILES string of the molecule is C/C(=C/C(=[NH2+])c1ccc(F)cc1C#N)c1ncc(C(=O)NC(C2CC2)C(F)(F)F)[nH]1. The minimum atomic E-state index is -4.52. The van der Waals surface area contributed by atoms with Crippen molar-refractivity contribution in [1.82, 2.24) is 15.3 Å². The van der Waals surface area contributed by atoms with Gasteiger partial charge >= 0.3 is 6.18 Å². The number of nitrogens with one attached hydrogen (secondary N) is 2. The zero-order valence-corrected chi connectivity index (χ0v) is 15.8. The van der Waals surface area contributed by atoms with Crippen LogP contribution in [0.4, 0.5) is 17.6 Å². The van der Waals surface area contributed by atoms with Crippen LogP contribution in [-0.2, 0) is 0 Å². The number of nitriles is 1. The van der Waals surface area contributed by atoms with Crippen molar-refractivity contribution < 1.29 is 27.8 Å². The molecule has 0 spiro atoms. The number of carbonyl (C=O) groups is 1. The van der Waals surface area contributed by atoms with E-state index in [-0.39, 0.29) is 22.8 Å². The lowest BCUT2D eigenvalue weighted by atomic mass is 10.0. The molecule has 30 heavy (non-hydrogen) atoms. The van der Waals surface area contributed by atoms with Crippen LogP contribution in [0.3, 0.4) is 0 Å². The quantitative estimate of drug-likeness (QED) is 0.492. The fraction of sp³-hybridized carbons (Fsp3) is 0.300. The lowest BCUT2D eigenvalue weighted by molar-refractivity contribution is -0.158. The van der Waals surface area contributed by atoms with Crippen LogP contribution in [-0.4, -0.2) is 33.8 Å². The minimum absolute atomic E-state index is 0.0503. The van der Waals surface area contributed by atoms with Crippen LogP contribution < -0.4 is 10.7 Å². The van der Waals surface area contributed by atoms with Gasteiger partial charge in [-0.1, -0.05) is 0 Å². The normalized spacial score (nSPS) is 15.4. The number of halogens is 4. The monoisotopic (exact) mass is 420 g/mol. The Morgan fingerprint density at radius 2 is 2.13 bits per heavy atom. The van der Waals surface area contributed by atoms with E-state index in [1.54, 1.807) is 6.92 Å². The van der Waals surface area contributed by atoms with Gasteiger partial charge in [0, 0.05) is 6.08 Å². The number of hydrogen-bond donors (Lipinski definition) is 3. The maximum Gasteiger partial charge on any atom is 0.408 e. The van der Waals surface area contributed by atoms with Crippen molar-refractivity contribution in [2.24, 2.45) is 5.92 Å². The Hall–Kier alpha value is -3.48. The summed E-state index contributed by atoms with van der Waals surface area (Å²) in [5.41, 5.74) is 0.881. The second-order valence-corrected chi connectivity index (χ2v) is 7.06. The molecule has 156 valence electrons. The summed E-state index contributed by atoms with van der Waals surface area (Å²) in [4.78, 5) is 18.9. The molecule has 1 aliphatic rings. The summed E-state index contributed by atoms with van der Waals surface area (Å²) >= 11 is 0. The number of carbonyl (C=O) groups excluding carboxylic acids is 1. The fourth-order valence-electron chi connectivity index (χ4n) is 2.99. The number of allylic oxidation sites excluding steroid dienone is 2. The number of alkyl halides is 3. The summed E-state index contributed by atoms with van der Waals surface area (Å²) in [5.74, 6) is -1.86. The number of rotatable bonds is 6. The van der Waals surface area contributed by atoms with Gasteiger partial charge < -0.3 is 10.3 Å². The van der Waals surface area contributed by atoms with Gasteiger partial charge in [0.2, 0.25) is 5.71 Å². The first-order valence-corrected chi connectivity index (χ1v) is 9.04. The van der Waals surface area contributed by atoms with Crippen molar-refractivity contribution >= 4 is 17.2 Å².